The minimum absolute atomic E-state index is 0.127. The quantitative estimate of drug-likeness (QED) is 0.796. The lowest BCUT2D eigenvalue weighted by Gasteiger charge is -2.26. The number of methoxy groups -OCH3 is 2. The van der Waals surface area contributed by atoms with Gasteiger partial charge in [-0.15, -0.1) is 11.8 Å². The van der Waals surface area contributed by atoms with Gasteiger partial charge in [-0.25, -0.2) is 4.79 Å². The van der Waals surface area contributed by atoms with Gasteiger partial charge in [0.2, 0.25) is 0 Å². The van der Waals surface area contributed by atoms with Gasteiger partial charge in [-0.2, -0.15) is 0 Å². The second-order valence-corrected chi connectivity index (χ2v) is 7.07. The van der Waals surface area contributed by atoms with Crippen LogP contribution in [0.4, 0.5) is 10.5 Å². The first-order chi connectivity index (χ1) is 13.2. The van der Waals surface area contributed by atoms with Gasteiger partial charge in [0.25, 0.3) is 0 Å². The summed E-state index contributed by atoms with van der Waals surface area (Å²) in [7, 11) is 3.23. The van der Waals surface area contributed by atoms with E-state index in [1.54, 1.807) is 26.0 Å². The zero-order valence-corrected chi connectivity index (χ0v) is 16.5. The molecule has 27 heavy (non-hydrogen) atoms. The number of benzene rings is 2. The standard InChI is InChI=1S/C20H24N2O4S/c1-4-26-15-10-8-14(9-11-15)21-20(23)22-12-13-27-19(22)16-6-5-7-17(24-2)18(16)25-3/h5-11,19H,4,12-13H2,1-3H3,(H,21,23)/t19-/m1/s1. The third-order valence-corrected chi connectivity index (χ3v) is 5.51. The Kier molecular flexibility index (Phi) is 6.34. The van der Waals surface area contributed by atoms with E-state index in [-0.39, 0.29) is 11.4 Å². The number of anilines is 1. The predicted octanol–water partition coefficient (Wildman–Crippen LogP) is 4.38. The number of para-hydroxylation sites is 1. The number of hydrogen-bond acceptors (Lipinski definition) is 5. The molecule has 0 unspecified atom stereocenters. The van der Waals surface area contributed by atoms with Gasteiger partial charge in [-0.05, 0) is 37.3 Å². The molecular weight excluding hydrogens is 364 g/mol. The van der Waals surface area contributed by atoms with Crippen LogP contribution in [-0.2, 0) is 0 Å². The number of rotatable bonds is 6. The van der Waals surface area contributed by atoms with E-state index in [0.717, 1.165) is 22.8 Å². The Morgan fingerprint density at radius 2 is 1.96 bits per heavy atom. The molecule has 1 atom stereocenters. The Morgan fingerprint density at radius 1 is 1.19 bits per heavy atom. The number of urea groups is 1. The summed E-state index contributed by atoms with van der Waals surface area (Å²) in [4.78, 5) is 14.7. The summed E-state index contributed by atoms with van der Waals surface area (Å²) < 4.78 is 16.4. The van der Waals surface area contributed by atoms with E-state index in [2.05, 4.69) is 5.32 Å². The van der Waals surface area contributed by atoms with Gasteiger partial charge < -0.3 is 24.4 Å². The summed E-state index contributed by atoms with van der Waals surface area (Å²) in [6.45, 7) is 3.22. The number of carbonyl (C=O) groups is 1. The monoisotopic (exact) mass is 388 g/mol. The molecule has 0 saturated carbocycles. The molecule has 144 valence electrons. The van der Waals surface area contributed by atoms with Crippen LogP contribution in [0.2, 0.25) is 0 Å². The lowest BCUT2D eigenvalue weighted by atomic mass is 10.1. The number of amides is 2. The molecular formula is C20H24N2O4S. The van der Waals surface area contributed by atoms with E-state index in [9.17, 15) is 4.79 Å². The van der Waals surface area contributed by atoms with Crippen molar-refractivity contribution in [3.8, 4) is 17.2 Å². The van der Waals surface area contributed by atoms with E-state index in [0.29, 0.717) is 24.7 Å². The zero-order chi connectivity index (χ0) is 19.2. The molecule has 1 aliphatic rings. The summed E-state index contributed by atoms with van der Waals surface area (Å²) in [6.07, 6.45) is 0. The largest absolute Gasteiger partial charge is 0.494 e. The van der Waals surface area contributed by atoms with Crippen molar-refractivity contribution in [1.29, 1.82) is 0 Å². The Morgan fingerprint density at radius 3 is 2.63 bits per heavy atom. The van der Waals surface area contributed by atoms with Crippen molar-refractivity contribution in [2.45, 2.75) is 12.3 Å². The molecule has 1 N–H and O–H groups in total. The fourth-order valence-electron chi connectivity index (χ4n) is 3.04. The highest BCUT2D eigenvalue weighted by molar-refractivity contribution is 7.99. The number of hydrogen-bond donors (Lipinski definition) is 1. The minimum atomic E-state index is -0.140. The predicted molar refractivity (Wildman–Crippen MR) is 108 cm³/mol. The molecule has 0 aromatic heterocycles. The van der Waals surface area contributed by atoms with Crippen molar-refractivity contribution in [1.82, 2.24) is 4.90 Å². The van der Waals surface area contributed by atoms with Crippen LogP contribution in [0.5, 0.6) is 17.2 Å². The Bertz CT molecular complexity index is 782. The minimum Gasteiger partial charge on any atom is -0.494 e. The first-order valence-corrected chi connectivity index (χ1v) is 9.85. The highest BCUT2D eigenvalue weighted by Crippen LogP contribution is 2.45. The maximum absolute atomic E-state index is 12.9. The molecule has 7 heteroatoms. The summed E-state index contributed by atoms with van der Waals surface area (Å²) in [5.41, 5.74) is 1.66. The number of ether oxygens (including phenoxy) is 3. The van der Waals surface area contributed by atoms with Crippen LogP contribution < -0.4 is 19.5 Å². The Hall–Kier alpha value is -2.54. The third kappa shape index (κ3) is 4.24. The van der Waals surface area contributed by atoms with Gasteiger partial charge in [0.15, 0.2) is 11.5 Å². The van der Waals surface area contributed by atoms with Gasteiger partial charge in [-0.3, -0.25) is 0 Å². The van der Waals surface area contributed by atoms with Crippen molar-refractivity contribution in [3.63, 3.8) is 0 Å². The second-order valence-electron chi connectivity index (χ2n) is 5.89. The van der Waals surface area contributed by atoms with Crippen molar-refractivity contribution in [3.05, 3.63) is 48.0 Å². The Labute approximate surface area is 163 Å². The molecule has 0 spiro atoms. The average Bonchev–Trinajstić information content (AvgIpc) is 3.18. The fourth-order valence-corrected chi connectivity index (χ4v) is 4.31. The average molecular weight is 388 g/mol. The number of thioether (sulfide) groups is 1. The third-order valence-electron chi connectivity index (χ3n) is 4.27. The first kappa shape index (κ1) is 19.2. The van der Waals surface area contributed by atoms with E-state index >= 15 is 0 Å². The molecule has 2 aromatic carbocycles. The van der Waals surface area contributed by atoms with Gasteiger partial charge in [0.05, 0.1) is 20.8 Å². The SMILES string of the molecule is CCOc1ccc(NC(=O)N2CCS[C@@H]2c2cccc(OC)c2OC)cc1. The van der Waals surface area contributed by atoms with E-state index in [1.165, 1.54) is 0 Å². The number of nitrogens with one attached hydrogen (secondary N) is 1. The maximum Gasteiger partial charge on any atom is 0.323 e. The zero-order valence-electron chi connectivity index (χ0n) is 15.7. The summed E-state index contributed by atoms with van der Waals surface area (Å²) in [5, 5.41) is 2.84. The van der Waals surface area contributed by atoms with Crippen molar-refractivity contribution in [2.24, 2.45) is 0 Å². The topological polar surface area (TPSA) is 60.0 Å². The van der Waals surface area contributed by atoms with E-state index < -0.39 is 0 Å². The van der Waals surface area contributed by atoms with Gasteiger partial charge >= 0.3 is 6.03 Å². The summed E-state index contributed by atoms with van der Waals surface area (Å²) in [5.74, 6) is 2.97. The van der Waals surface area contributed by atoms with Gasteiger partial charge in [0.1, 0.15) is 11.1 Å². The molecule has 0 aliphatic carbocycles. The van der Waals surface area contributed by atoms with Crippen LogP contribution in [0, 0.1) is 0 Å². The molecule has 2 amide bonds. The Balaban J connectivity index is 1.77. The van der Waals surface area contributed by atoms with Crippen LogP contribution in [-0.4, -0.2) is 44.1 Å². The van der Waals surface area contributed by atoms with Crippen LogP contribution in [0.25, 0.3) is 0 Å². The van der Waals surface area contributed by atoms with E-state index in [1.807, 2.05) is 54.3 Å². The fraction of sp³-hybridized carbons (Fsp3) is 0.350. The van der Waals surface area contributed by atoms with Crippen LogP contribution in [0.3, 0.4) is 0 Å². The summed E-state index contributed by atoms with van der Waals surface area (Å²) in [6, 6.07) is 13.0. The highest BCUT2D eigenvalue weighted by Gasteiger charge is 2.33. The molecule has 1 heterocycles. The molecule has 1 saturated heterocycles. The smallest absolute Gasteiger partial charge is 0.323 e. The van der Waals surface area contributed by atoms with Crippen LogP contribution >= 0.6 is 11.8 Å². The molecule has 3 rings (SSSR count). The molecule has 0 radical (unpaired) electrons. The van der Waals surface area contributed by atoms with Crippen LogP contribution in [0.1, 0.15) is 17.9 Å². The van der Waals surface area contributed by atoms with Crippen molar-refractivity contribution in [2.75, 3.05) is 38.4 Å². The lowest BCUT2D eigenvalue weighted by Crippen LogP contribution is -2.34. The van der Waals surface area contributed by atoms with Crippen molar-refractivity contribution >= 4 is 23.5 Å². The molecule has 1 aliphatic heterocycles. The first-order valence-electron chi connectivity index (χ1n) is 8.81. The highest BCUT2D eigenvalue weighted by atomic mass is 32.2. The van der Waals surface area contributed by atoms with Gasteiger partial charge in [0, 0.05) is 23.5 Å². The maximum atomic E-state index is 12.9. The van der Waals surface area contributed by atoms with Gasteiger partial charge in [-0.1, -0.05) is 12.1 Å². The normalized spacial score (nSPS) is 16.1. The molecule has 1 fully saturated rings. The lowest BCUT2D eigenvalue weighted by molar-refractivity contribution is 0.213. The summed E-state index contributed by atoms with van der Waals surface area (Å²) >= 11 is 1.71. The molecule has 0 bridgehead atoms. The second kappa shape index (κ2) is 8.90. The van der Waals surface area contributed by atoms with E-state index in [4.69, 9.17) is 14.2 Å². The number of carbonyl (C=O) groups excluding carboxylic acids is 1. The molecule has 6 nitrogen and oxygen atoms in total. The number of nitrogens with zero attached hydrogens (tertiary/aromatic N) is 1. The molecule has 2 aromatic rings. The van der Waals surface area contributed by atoms with Crippen molar-refractivity contribution < 1.29 is 19.0 Å². The van der Waals surface area contributed by atoms with Crippen LogP contribution in [0.15, 0.2) is 42.5 Å².